The van der Waals surface area contributed by atoms with Crippen LogP contribution in [0.1, 0.15) is 0 Å². The van der Waals surface area contributed by atoms with Crippen LogP contribution in [0.15, 0.2) is 156 Å². The number of para-hydroxylation sites is 2. The summed E-state index contributed by atoms with van der Waals surface area (Å²) in [6.45, 7) is 0. The van der Waals surface area contributed by atoms with Crippen molar-refractivity contribution in [2.24, 2.45) is 0 Å². The van der Waals surface area contributed by atoms with Gasteiger partial charge in [0.05, 0.1) is 11.4 Å². The highest BCUT2D eigenvalue weighted by Gasteiger charge is 2.20. The molecule has 216 valence electrons. The molecule has 0 saturated carbocycles. The van der Waals surface area contributed by atoms with Gasteiger partial charge in [0, 0.05) is 42.4 Å². The van der Waals surface area contributed by atoms with E-state index < -0.39 is 0 Å². The number of hydrogen-bond acceptors (Lipinski definition) is 5. The van der Waals surface area contributed by atoms with Crippen LogP contribution in [-0.2, 0) is 0 Å². The summed E-state index contributed by atoms with van der Waals surface area (Å²) in [5.41, 5.74) is 9.76. The van der Waals surface area contributed by atoms with E-state index in [-0.39, 0.29) is 0 Å². The number of rotatable bonds is 5. The fourth-order valence-electron chi connectivity index (χ4n) is 6.16. The molecule has 9 aromatic rings. The maximum atomic E-state index is 6.29. The smallest absolute Gasteiger partial charge is 0.227 e. The van der Waals surface area contributed by atoms with Crippen molar-refractivity contribution in [1.82, 2.24) is 15.0 Å². The van der Waals surface area contributed by atoms with E-state index in [0.29, 0.717) is 11.7 Å². The van der Waals surface area contributed by atoms with Gasteiger partial charge in [0.15, 0.2) is 11.4 Å². The fraction of sp³-hybridized carbons (Fsp3) is 0. The van der Waals surface area contributed by atoms with Crippen LogP contribution in [0, 0.1) is 0 Å². The van der Waals surface area contributed by atoms with Crippen molar-refractivity contribution < 1.29 is 4.42 Å². The van der Waals surface area contributed by atoms with Gasteiger partial charge in [-0.3, -0.25) is 0 Å². The van der Waals surface area contributed by atoms with Gasteiger partial charge in [-0.25, -0.2) is 15.0 Å². The van der Waals surface area contributed by atoms with Crippen LogP contribution in [0.5, 0.6) is 0 Å². The quantitative estimate of drug-likeness (QED) is 0.195. The third-order valence-electron chi connectivity index (χ3n) is 8.37. The van der Waals surface area contributed by atoms with Gasteiger partial charge >= 0.3 is 0 Å². The lowest BCUT2D eigenvalue weighted by molar-refractivity contribution is 0.620. The first kappa shape index (κ1) is 26.5. The molecule has 0 fully saturated rings. The zero-order valence-corrected chi connectivity index (χ0v) is 25.4. The molecule has 0 aliphatic carbocycles. The Kier molecular flexibility index (Phi) is 6.28. The van der Waals surface area contributed by atoms with Gasteiger partial charge < -0.3 is 4.42 Å². The third kappa shape index (κ3) is 4.57. The van der Waals surface area contributed by atoms with Gasteiger partial charge in [-0.2, -0.15) is 0 Å². The average molecular weight is 608 g/mol. The number of nitrogens with zero attached hydrogens (tertiary/aromatic N) is 3. The minimum absolute atomic E-state index is 0.619. The molecule has 0 atom stereocenters. The molecular weight excluding hydrogens is 583 g/mol. The molecule has 4 nitrogen and oxygen atoms in total. The first-order chi connectivity index (χ1) is 22.8. The molecule has 9 rings (SSSR count). The van der Waals surface area contributed by atoms with Crippen LogP contribution in [-0.4, -0.2) is 15.0 Å². The number of aromatic nitrogens is 3. The maximum absolute atomic E-state index is 6.29. The topological polar surface area (TPSA) is 51.8 Å². The zero-order chi connectivity index (χ0) is 30.5. The second kappa shape index (κ2) is 10.9. The molecule has 0 spiro atoms. The standard InChI is InChI=1S/C41H25N3OS/c1-3-11-26(12-4-1)27-21-23-28(24-22-27)33-25-34(43-40(42-33)29-13-5-2-6-14-29)30-15-9-19-36-38(30)39-31(16-10-20-37(39)46-36)41-44-32-17-7-8-18-35(32)45-41/h1-25H. The minimum Gasteiger partial charge on any atom is -0.436 e. The van der Waals surface area contributed by atoms with Gasteiger partial charge in [-0.15, -0.1) is 11.3 Å². The summed E-state index contributed by atoms with van der Waals surface area (Å²) in [6, 6.07) is 52.1. The van der Waals surface area contributed by atoms with E-state index >= 15 is 0 Å². The van der Waals surface area contributed by atoms with Gasteiger partial charge in [0.2, 0.25) is 5.89 Å². The Morgan fingerprint density at radius 3 is 1.76 bits per heavy atom. The molecule has 0 N–H and O–H groups in total. The predicted molar refractivity (Wildman–Crippen MR) is 190 cm³/mol. The lowest BCUT2D eigenvalue weighted by atomic mass is 9.98. The molecule has 0 radical (unpaired) electrons. The second-order valence-corrected chi connectivity index (χ2v) is 12.3. The summed E-state index contributed by atoms with van der Waals surface area (Å²) in [7, 11) is 0. The van der Waals surface area contributed by atoms with Crippen LogP contribution in [0.4, 0.5) is 0 Å². The van der Waals surface area contributed by atoms with Gasteiger partial charge in [-0.05, 0) is 47.5 Å². The van der Waals surface area contributed by atoms with Gasteiger partial charge in [-0.1, -0.05) is 115 Å². The van der Waals surface area contributed by atoms with Gasteiger partial charge in [0.25, 0.3) is 0 Å². The van der Waals surface area contributed by atoms with E-state index in [0.717, 1.165) is 55.5 Å². The first-order valence-electron chi connectivity index (χ1n) is 15.2. The van der Waals surface area contributed by atoms with Crippen LogP contribution >= 0.6 is 11.3 Å². The highest BCUT2D eigenvalue weighted by Crippen LogP contribution is 2.44. The van der Waals surface area contributed by atoms with E-state index in [9.17, 15) is 0 Å². The van der Waals surface area contributed by atoms with Crippen molar-refractivity contribution >= 4 is 42.6 Å². The monoisotopic (exact) mass is 607 g/mol. The molecule has 3 heterocycles. The minimum atomic E-state index is 0.619. The molecular formula is C41H25N3OS. The number of thiophene rings is 1. The SMILES string of the molecule is c1ccc(-c2ccc(-c3cc(-c4cccc5sc6cccc(-c7nc8ccccc8o7)c6c45)nc(-c4ccccc4)n3)cc2)cc1. The lowest BCUT2D eigenvalue weighted by Crippen LogP contribution is -1.96. The highest BCUT2D eigenvalue weighted by atomic mass is 32.1. The fourth-order valence-corrected chi connectivity index (χ4v) is 7.32. The average Bonchev–Trinajstić information content (AvgIpc) is 3.74. The Hall–Kier alpha value is -5.91. The predicted octanol–water partition coefficient (Wildman–Crippen LogP) is 11.3. The summed E-state index contributed by atoms with van der Waals surface area (Å²) < 4.78 is 8.65. The molecule has 5 heteroatoms. The van der Waals surface area contributed by atoms with E-state index in [1.165, 1.54) is 20.5 Å². The molecule has 0 aliphatic heterocycles. The summed E-state index contributed by atoms with van der Waals surface area (Å²) in [6.07, 6.45) is 0. The third-order valence-corrected chi connectivity index (χ3v) is 9.49. The van der Waals surface area contributed by atoms with Crippen LogP contribution in [0.25, 0.3) is 87.8 Å². The van der Waals surface area contributed by atoms with E-state index in [1.54, 1.807) is 11.3 Å². The maximum Gasteiger partial charge on any atom is 0.227 e. The van der Waals surface area contributed by atoms with Crippen molar-refractivity contribution in [3.8, 4) is 56.5 Å². The summed E-state index contributed by atoms with van der Waals surface area (Å²) in [5.74, 6) is 1.31. The van der Waals surface area contributed by atoms with E-state index in [2.05, 4.69) is 103 Å². The molecule has 0 bridgehead atoms. The second-order valence-electron chi connectivity index (χ2n) is 11.2. The Labute approximate surface area is 269 Å². The zero-order valence-electron chi connectivity index (χ0n) is 24.6. The number of hydrogen-bond donors (Lipinski definition) is 0. The number of benzene rings is 6. The normalized spacial score (nSPS) is 11.5. The van der Waals surface area contributed by atoms with Crippen molar-refractivity contribution in [3.63, 3.8) is 0 Å². The summed E-state index contributed by atoms with van der Waals surface area (Å²) in [5, 5.41) is 2.27. The van der Waals surface area contributed by atoms with Crippen molar-refractivity contribution in [1.29, 1.82) is 0 Å². The number of fused-ring (bicyclic) bond motifs is 4. The molecule has 6 aromatic carbocycles. The van der Waals surface area contributed by atoms with Crippen molar-refractivity contribution in [2.75, 3.05) is 0 Å². The Balaban J connectivity index is 1.26. The molecule has 46 heavy (non-hydrogen) atoms. The molecule has 0 saturated heterocycles. The molecule has 0 unspecified atom stereocenters. The van der Waals surface area contributed by atoms with Crippen LogP contribution < -0.4 is 0 Å². The highest BCUT2D eigenvalue weighted by molar-refractivity contribution is 7.26. The van der Waals surface area contributed by atoms with Crippen LogP contribution in [0.3, 0.4) is 0 Å². The Morgan fingerprint density at radius 1 is 0.435 bits per heavy atom. The molecule has 3 aromatic heterocycles. The van der Waals surface area contributed by atoms with Crippen molar-refractivity contribution in [2.45, 2.75) is 0 Å². The number of oxazole rings is 1. The lowest BCUT2D eigenvalue weighted by Gasteiger charge is -2.11. The largest absolute Gasteiger partial charge is 0.436 e. The van der Waals surface area contributed by atoms with Crippen LogP contribution in [0.2, 0.25) is 0 Å². The first-order valence-corrected chi connectivity index (χ1v) is 16.0. The van der Waals surface area contributed by atoms with Gasteiger partial charge in [0.1, 0.15) is 5.52 Å². The summed E-state index contributed by atoms with van der Waals surface area (Å²) >= 11 is 1.77. The van der Waals surface area contributed by atoms with E-state index in [4.69, 9.17) is 19.4 Å². The molecule has 0 amide bonds. The molecule has 0 aliphatic rings. The summed E-state index contributed by atoms with van der Waals surface area (Å²) in [4.78, 5) is 15.2. The van der Waals surface area contributed by atoms with E-state index in [1.807, 2.05) is 48.5 Å². The Morgan fingerprint density at radius 2 is 1.02 bits per heavy atom. The van der Waals surface area contributed by atoms with Crippen molar-refractivity contribution in [3.05, 3.63) is 152 Å². The Bertz CT molecular complexity index is 2480.